The summed E-state index contributed by atoms with van der Waals surface area (Å²) in [5.74, 6) is -0.479. The summed E-state index contributed by atoms with van der Waals surface area (Å²) in [7, 11) is -2.23. The number of hydrogen-bond acceptors (Lipinski definition) is 4. The molecule has 0 aliphatic heterocycles. The van der Waals surface area contributed by atoms with Gasteiger partial charge in [-0.05, 0) is 24.6 Å². The maximum Gasteiger partial charge on any atom is 0.260 e. The number of carbonyl (C=O) groups is 1. The molecule has 0 atom stereocenters. The summed E-state index contributed by atoms with van der Waals surface area (Å²) in [5.41, 5.74) is 3.24. The van der Waals surface area contributed by atoms with E-state index >= 15 is 0 Å². The lowest BCUT2D eigenvalue weighted by atomic mass is 10.1. The molecule has 1 amide bonds. The summed E-state index contributed by atoms with van der Waals surface area (Å²) in [6.45, 7) is 1.57. The van der Waals surface area contributed by atoms with Crippen molar-refractivity contribution in [1.29, 1.82) is 0 Å². The molecule has 0 bridgehead atoms. The van der Waals surface area contributed by atoms with Gasteiger partial charge in [-0.1, -0.05) is 23.7 Å². The number of hydrazine groups is 1. The quantitative estimate of drug-likeness (QED) is 0.791. The Labute approximate surface area is 133 Å². The van der Waals surface area contributed by atoms with Crippen LogP contribution in [0.5, 0.6) is 0 Å². The molecule has 0 fully saturated rings. The smallest absolute Gasteiger partial charge is 0.260 e. The van der Waals surface area contributed by atoms with Crippen molar-refractivity contribution in [3.05, 3.63) is 46.7 Å². The number of amides is 1. The van der Waals surface area contributed by atoms with E-state index < -0.39 is 15.9 Å². The van der Waals surface area contributed by atoms with E-state index in [1.807, 2.05) is 0 Å². The van der Waals surface area contributed by atoms with Crippen molar-refractivity contribution < 1.29 is 13.2 Å². The highest BCUT2D eigenvalue weighted by molar-refractivity contribution is 7.89. The van der Waals surface area contributed by atoms with Gasteiger partial charge in [0.1, 0.15) is 4.90 Å². The zero-order chi connectivity index (χ0) is 16.3. The van der Waals surface area contributed by atoms with Crippen LogP contribution in [-0.4, -0.2) is 24.1 Å². The van der Waals surface area contributed by atoms with Crippen LogP contribution in [0.3, 0.4) is 0 Å². The van der Waals surface area contributed by atoms with Crippen molar-refractivity contribution in [1.82, 2.24) is 20.0 Å². The average molecular weight is 343 g/mol. The second-order valence-corrected chi connectivity index (χ2v) is 6.80. The summed E-state index contributed by atoms with van der Waals surface area (Å²) < 4.78 is 25.5. The van der Waals surface area contributed by atoms with E-state index in [0.29, 0.717) is 10.7 Å². The van der Waals surface area contributed by atoms with Crippen LogP contribution in [-0.2, 0) is 28.3 Å². The van der Waals surface area contributed by atoms with E-state index in [-0.39, 0.29) is 11.3 Å². The van der Waals surface area contributed by atoms with Crippen molar-refractivity contribution >= 4 is 27.5 Å². The largest absolute Gasteiger partial charge is 0.277 e. The number of nitrogens with one attached hydrogen (secondary N) is 2. The third-order valence-electron chi connectivity index (χ3n) is 2.86. The van der Waals surface area contributed by atoms with Crippen LogP contribution < -0.4 is 10.3 Å². The van der Waals surface area contributed by atoms with E-state index in [1.165, 1.54) is 10.9 Å². The third-order valence-corrected chi connectivity index (χ3v) is 4.46. The lowest BCUT2D eigenvalue weighted by Gasteiger charge is -2.07. The lowest BCUT2D eigenvalue weighted by molar-refractivity contribution is -0.120. The molecule has 0 radical (unpaired) electrons. The second-order valence-electron chi connectivity index (χ2n) is 4.71. The Hall–Kier alpha value is -1.90. The van der Waals surface area contributed by atoms with Gasteiger partial charge < -0.3 is 0 Å². The highest BCUT2D eigenvalue weighted by Gasteiger charge is 2.20. The fourth-order valence-electron chi connectivity index (χ4n) is 1.85. The molecule has 0 saturated heterocycles. The van der Waals surface area contributed by atoms with Crippen LogP contribution in [0.25, 0.3) is 0 Å². The monoisotopic (exact) mass is 342 g/mol. The summed E-state index contributed by atoms with van der Waals surface area (Å²) in [6.07, 6.45) is 1.40. The van der Waals surface area contributed by atoms with E-state index in [2.05, 4.69) is 15.4 Å². The maximum atomic E-state index is 12.1. The van der Waals surface area contributed by atoms with Crippen LogP contribution >= 0.6 is 11.6 Å². The summed E-state index contributed by atoms with van der Waals surface area (Å²) >= 11 is 5.75. The Morgan fingerprint density at radius 1 is 1.32 bits per heavy atom. The number of nitrogens with zero attached hydrogens (tertiary/aromatic N) is 2. The highest BCUT2D eigenvalue weighted by Crippen LogP contribution is 2.12. The van der Waals surface area contributed by atoms with Crippen molar-refractivity contribution in [3.8, 4) is 0 Å². The number of aromatic nitrogens is 2. The molecule has 7 nitrogen and oxygen atoms in total. The van der Waals surface area contributed by atoms with Gasteiger partial charge in [0, 0.05) is 18.3 Å². The topological polar surface area (TPSA) is 93.1 Å². The summed E-state index contributed by atoms with van der Waals surface area (Å²) in [6, 6.07) is 6.71. The number of aryl methyl sites for hydroxylation is 2. The van der Waals surface area contributed by atoms with E-state index in [9.17, 15) is 13.2 Å². The maximum absolute atomic E-state index is 12.1. The molecule has 1 heterocycles. The van der Waals surface area contributed by atoms with Gasteiger partial charge in [-0.2, -0.15) is 5.10 Å². The standard InChI is InChI=1S/C13H15ClN4O3S/c1-9-12(8-18(2)16-9)22(20,21)17-15-13(19)7-10-3-5-11(14)6-4-10/h3-6,8,17H,7H2,1-2H3,(H,15,19). The number of rotatable bonds is 5. The molecule has 1 aromatic heterocycles. The van der Waals surface area contributed by atoms with Crippen LogP contribution in [0, 0.1) is 6.92 Å². The molecule has 0 unspecified atom stereocenters. The Kier molecular flexibility index (Phi) is 4.84. The number of hydrogen-bond donors (Lipinski definition) is 2. The molecule has 2 rings (SSSR count). The van der Waals surface area contributed by atoms with Crippen LogP contribution in [0.4, 0.5) is 0 Å². The fourth-order valence-corrected chi connectivity index (χ4v) is 3.06. The van der Waals surface area contributed by atoms with Gasteiger partial charge in [-0.25, -0.2) is 8.42 Å². The minimum Gasteiger partial charge on any atom is -0.277 e. The molecular formula is C13H15ClN4O3S. The molecule has 2 aromatic rings. The summed E-state index contributed by atoms with van der Waals surface area (Å²) in [4.78, 5) is 13.8. The number of carbonyl (C=O) groups excluding carboxylic acids is 1. The SMILES string of the molecule is Cc1nn(C)cc1S(=O)(=O)NNC(=O)Cc1ccc(Cl)cc1. The van der Waals surface area contributed by atoms with E-state index in [1.54, 1.807) is 38.2 Å². The van der Waals surface area contributed by atoms with Crippen LogP contribution in [0.2, 0.25) is 5.02 Å². The normalized spacial score (nSPS) is 11.4. The predicted molar refractivity (Wildman–Crippen MR) is 81.6 cm³/mol. The minimum absolute atomic E-state index is 0.0155. The minimum atomic E-state index is -3.85. The Morgan fingerprint density at radius 3 is 2.50 bits per heavy atom. The molecule has 118 valence electrons. The Morgan fingerprint density at radius 2 is 1.95 bits per heavy atom. The first kappa shape index (κ1) is 16.5. The number of halogens is 1. The predicted octanol–water partition coefficient (Wildman–Crippen LogP) is 0.934. The van der Waals surface area contributed by atoms with Gasteiger partial charge in [-0.3, -0.25) is 14.9 Å². The zero-order valence-corrected chi connectivity index (χ0v) is 13.6. The van der Waals surface area contributed by atoms with Crippen molar-refractivity contribution in [2.45, 2.75) is 18.2 Å². The molecular weight excluding hydrogens is 328 g/mol. The van der Waals surface area contributed by atoms with Crippen LogP contribution in [0.15, 0.2) is 35.4 Å². The summed E-state index contributed by atoms with van der Waals surface area (Å²) in [5, 5.41) is 4.52. The first-order valence-corrected chi connectivity index (χ1v) is 8.19. The highest BCUT2D eigenvalue weighted by atomic mass is 35.5. The second kappa shape index (κ2) is 6.47. The zero-order valence-electron chi connectivity index (χ0n) is 12.0. The average Bonchev–Trinajstić information content (AvgIpc) is 2.79. The van der Waals surface area contributed by atoms with Gasteiger partial charge in [-0.15, -0.1) is 4.83 Å². The Bertz CT molecular complexity index is 784. The van der Waals surface area contributed by atoms with Crippen molar-refractivity contribution in [2.24, 2.45) is 7.05 Å². The molecule has 0 aliphatic carbocycles. The fraction of sp³-hybridized carbons (Fsp3) is 0.231. The number of sulfonamides is 1. The molecule has 9 heteroatoms. The van der Waals surface area contributed by atoms with E-state index in [4.69, 9.17) is 11.6 Å². The molecule has 2 N–H and O–H groups in total. The van der Waals surface area contributed by atoms with Gasteiger partial charge in [0.05, 0.1) is 12.1 Å². The third kappa shape index (κ3) is 4.06. The Balaban J connectivity index is 1.98. The molecule has 0 saturated carbocycles. The van der Waals surface area contributed by atoms with Crippen molar-refractivity contribution in [2.75, 3.05) is 0 Å². The van der Waals surface area contributed by atoms with Gasteiger partial charge in [0.25, 0.3) is 10.0 Å². The van der Waals surface area contributed by atoms with Crippen LogP contribution in [0.1, 0.15) is 11.3 Å². The first-order chi connectivity index (χ1) is 10.3. The first-order valence-electron chi connectivity index (χ1n) is 6.33. The van der Waals surface area contributed by atoms with Gasteiger partial charge in [0.2, 0.25) is 5.91 Å². The number of benzene rings is 1. The molecule has 0 spiro atoms. The van der Waals surface area contributed by atoms with E-state index in [0.717, 1.165) is 5.56 Å². The van der Waals surface area contributed by atoms with Gasteiger partial charge in [0.15, 0.2) is 0 Å². The van der Waals surface area contributed by atoms with Crippen molar-refractivity contribution in [3.63, 3.8) is 0 Å². The molecule has 0 aliphatic rings. The molecule has 22 heavy (non-hydrogen) atoms. The molecule has 1 aromatic carbocycles. The van der Waals surface area contributed by atoms with Gasteiger partial charge >= 0.3 is 0 Å². The lowest BCUT2D eigenvalue weighted by Crippen LogP contribution is -2.42.